The molecule has 0 aromatic carbocycles. The molecule has 1 aliphatic carbocycles. The van der Waals surface area contributed by atoms with E-state index >= 15 is 0 Å². The molecule has 2 aliphatic heterocycles. The molecule has 0 bridgehead atoms. The van der Waals surface area contributed by atoms with E-state index in [-0.39, 0.29) is 29.1 Å². The first-order chi connectivity index (χ1) is 12.1. The molecule has 2 heterocycles. The number of carbonyl (C=O) groups excluding carboxylic acids is 2. The van der Waals surface area contributed by atoms with E-state index in [1.54, 1.807) is 0 Å². The van der Waals surface area contributed by atoms with Gasteiger partial charge < -0.3 is 15.0 Å². The third-order valence-corrected chi connectivity index (χ3v) is 6.80. The summed E-state index contributed by atoms with van der Waals surface area (Å²) in [4.78, 5) is 28.0. The lowest BCUT2D eigenvalue weighted by Gasteiger charge is -2.37. The van der Waals surface area contributed by atoms with E-state index < -0.39 is 0 Å². The van der Waals surface area contributed by atoms with Gasteiger partial charge in [0.15, 0.2) is 0 Å². The fourth-order valence-corrected chi connectivity index (χ4v) is 5.05. The number of likely N-dealkylation sites (tertiary alicyclic amines) is 1. The van der Waals surface area contributed by atoms with Crippen molar-refractivity contribution in [3.8, 4) is 0 Å². The van der Waals surface area contributed by atoms with Crippen molar-refractivity contribution in [2.75, 3.05) is 26.3 Å². The Morgan fingerprint density at radius 3 is 2.40 bits per heavy atom. The summed E-state index contributed by atoms with van der Waals surface area (Å²) < 4.78 is 5.57. The van der Waals surface area contributed by atoms with Crippen molar-refractivity contribution in [1.29, 1.82) is 0 Å². The summed E-state index contributed by atoms with van der Waals surface area (Å²) in [6.07, 6.45) is 8.17. The summed E-state index contributed by atoms with van der Waals surface area (Å²) >= 11 is 0. The predicted molar refractivity (Wildman–Crippen MR) is 97.0 cm³/mol. The molecule has 0 aromatic rings. The number of rotatable bonds is 5. The third kappa shape index (κ3) is 3.86. The molecule has 1 unspecified atom stereocenters. The van der Waals surface area contributed by atoms with Crippen molar-refractivity contribution < 1.29 is 14.3 Å². The van der Waals surface area contributed by atoms with Crippen molar-refractivity contribution in [2.45, 2.75) is 71.3 Å². The first-order valence-corrected chi connectivity index (χ1v) is 10.3. The van der Waals surface area contributed by atoms with Crippen LogP contribution in [0.1, 0.15) is 65.2 Å². The zero-order chi connectivity index (χ0) is 17.9. The van der Waals surface area contributed by atoms with E-state index in [9.17, 15) is 9.59 Å². The van der Waals surface area contributed by atoms with Crippen LogP contribution in [0.5, 0.6) is 0 Å². The van der Waals surface area contributed by atoms with Crippen molar-refractivity contribution in [3.05, 3.63) is 0 Å². The molecule has 142 valence electrons. The van der Waals surface area contributed by atoms with E-state index in [0.29, 0.717) is 25.8 Å². The highest BCUT2D eigenvalue weighted by molar-refractivity contribution is 5.84. The number of hydrogen-bond donors (Lipinski definition) is 1. The van der Waals surface area contributed by atoms with Crippen LogP contribution < -0.4 is 5.32 Å². The summed E-state index contributed by atoms with van der Waals surface area (Å²) in [5, 5.41) is 3.29. The highest BCUT2D eigenvalue weighted by Gasteiger charge is 2.52. The Morgan fingerprint density at radius 2 is 1.80 bits per heavy atom. The number of carbonyl (C=O) groups is 2. The fourth-order valence-electron chi connectivity index (χ4n) is 5.05. The van der Waals surface area contributed by atoms with Gasteiger partial charge in [-0.05, 0) is 38.5 Å². The van der Waals surface area contributed by atoms with Crippen molar-refractivity contribution in [3.63, 3.8) is 0 Å². The van der Waals surface area contributed by atoms with Gasteiger partial charge in [0.2, 0.25) is 11.8 Å². The Balaban J connectivity index is 1.73. The summed E-state index contributed by atoms with van der Waals surface area (Å²) in [5.41, 5.74) is -0.0807. The Morgan fingerprint density at radius 1 is 1.16 bits per heavy atom. The largest absolute Gasteiger partial charge is 0.381 e. The van der Waals surface area contributed by atoms with Crippen LogP contribution >= 0.6 is 0 Å². The van der Waals surface area contributed by atoms with E-state index in [0.717, 1.165) is 45.1 Å². The minimum absolute atomic E-state index is 0.0738. The van der Waals surface area contributed by atoms with Gasteiger partial charge in [0.25, 0.3) is 0 Å². The molecule has 2 saturated heterocycles. The van der Waals surface area contributed by atoms with Crippen LogP contribution in [0.25, 0.3) is 0 Å². The van der Waals surface area contributed by atoms with Crippen molar-refractivity contribution in [2.24, 2.45) is 17.3 Å². The van der Waals surface area contributed by atoms with Gasteiger partial charge in [0.05, 0.1) is 5.92 Å². The van der Waals surface area contributed by atoms with E-state index in [4.69, 9.17) is 4.74 Å². The van der Waals surface area contributed by atoms with Gasteiger partial charge >= 0.3 is 0 Å². The summed E-state index contributed by atoms with van der Waals surface area (Å²) in [6, 6.07) is 0.341. The number of amides is 2. The lowest BCUT2D eigenvalue weighted by atomic mass is 9.71. The molecule has 0 aromatic heterocycles. The van der Waals surface area contributed by atoms with Gasteiger partial charge in [-0.2, -0.15) is 0 Å². The first kappa shape index (κ1) is 18.7. The Bertz CT molecular complexity index is 477. The maximum absolute atomic E-state index is 13.1. The standard InChI is InChI=1S/C20H34N2O3/c1-3-15(4-2)19(24)22-13-17(18(23)21-16-7-5-6-8-16)20(14-22)9-11-25-12-10-20/h15-17H,3-14H2,1-2H3,(H,21,23). The summed E-state index contributed by atoms with van der Waals surface area (Å²) in [7, 11) is 0. The van der Waals surface area contributed by atoms with Crippen LogP contribution in [0.2, 0.25) is 0 Å². The number of ether oxygens (including phenoxy) is 1. The minimum Gasteiger partial charge on any atom is -0.381 e. The quantitative estimate of drug-likeness (QED) is 0.829. The van der Waals surface area contributed by atoms with Crippen LogP contribution in [0, 0.1) is 17.3 Å². The normalized spacial score (nSPS) is 26.5. The fraction of sp³-hybridized carbons (Fsp3) is 0.900. The zero-order valence-corrected chi connectivity index (χ0v) is 15.9. The molecule has 5 heteroatoms. The second-order valence-corrected chi connectivity index (χ2v) is 8.25. The summed E-state index contributed by atoms with van der Waals surface area (Å²) in [5.74, 6) is 0.435. The SMILES string of the molecule is CCC(CC)C(=O)N1CC(C(=O)NC2CCCC2)C2(CCOCC2)C1. The number of nitrogens with one attached hydrogen (secondary N) is 1. The van der Waals surface area contributed by atoms with Crippen LogP contribution in [-0.4, -0.2) is 49.1 Å². The molecule has 1 spiro atoms. The smallest absolute Gasteiger partial charge is 0.225 e. The van der Waals surface area contributed by atoms with Gasteiger partial charge in [0, 0.05) is 43.7 Å². The molecule has 0 radical (unpaired) electrons. The molecule has 2 amide bonds. The van der Waals surface area contributed by atoms with Crippen LogP contribution in [-0.2, 0) is 14.3 Å². The second kappa shape index (κ2) is 8.07. The molecule has 25 heavy (non-hydrogen) atoms. The molecular formula is C20H34N2O3. The number of hydrogen-bond acceptors (Lipinski definition) is 3. The molecule has 3 rings (SSSR count). The van der Waals surface area contributed by atoms with Crippen LogP contribution in [0.3, 0.4) is 0 Å². The summed E-state index contributed by atoms with van der Waals surface area (Å²) in [6.45, 7) is 6.90. The van der Waals surface area contributed by atoms with E-state index in [2.05, 4.69) is 19.2 Å². The van der Waals surface area contributed by atoms with E-state index in [1.165, 1.54) is 12.8 Å². The number of nitrogens with zero attached hydrogens (tertiary/aromatic N) is 1. The second-order valence-electron chi connectivity index (χ2n) is 8.25. The maximum Gasteiger partial charge on any atom is 0.225 e. The molecule has 3 aliphatic rings. The molecule has 1 saturated carbocycles. The molecule has 1 N–H and O–H groups in total. The van der Waals surface area contributed by atoms with E-state index in [1.807, 2.05) is 4.90 Å². The average Bonchev–Trinajstić information content (AvgIpc) is 3.25. The van der Waals surface area contributed by atoms with Crippen molar-refractivity contribution >= 4 is 11.8 Å². The maximum atomic E-state index is 13.1. The minimum atomic E-state index is -0.0807. The van der Waals surface area contributed by atoms with Gasteiger partial charge in [-0.25, -0.2) is 0 Å². The monoisotopic (exact) mass is 350 g/mol. The van der Waals surface area contributed by atoms with Gasteiger partial charge in [-0.3, -0.25) is 9.59 Å². The lowest BCUT2D eigenvalue weighted by molar-refractivity contribution is -0.135. The Labute approximate surface area is 151 Å². The predicted octanol–water partition coefficient (Wildman–Crippen LogP) is 2.74. The van der Waals surface area contributed by atoms with Gasteiger partial charge in [-0.15, -0.1) is 0 Å². The lowest BCUT2D eigenvalue weighted by Crippen LogP contribution is -2.46. The Kier molecular flexibility index (Phi) is 6.03. The molecule has 5 nitrogen and oxygen atoms in total. The highest BCUT2D eigenvalue weighted by Crippen LogP contribution is 2.45. The molecular weight excluding hydrogens is 316 g/mol. The third-order valence-electron chi connectivity index (χ3n) is 6.80. The molecule has 3 fully saturated rings. The highest BCUT2D eigenvalue weighted by atomic mass is 16.5. The topological polar surface area (TPSA) is 58.6 Å². The van der Waals surface area contributed by atoms with Gasteiger partial charge in [-0.1, -0.05) is 26.7 Å². The van der Waals surface area contributed by atoms with Crippen LogP contribution in [0.4, 0.5) is 0 Å². The Hall–Kier alpha value is -1.10. The van der Waals surface area contributed by atoms with Crippen LogP contribution in [0.15, 0.2) is 0 Å². The zero-order valence-electron chi connectivity index (χ0n) is 15.9. The van der Waals surface area contributed by atoms with Gasteiger partial charge in [0.1, 0.15) is 0 Å². The van der Waals surface area contributed by atoms with Crippen molar-refractivity contribution in [1.82, 2.24) is 10.2 Å². The average molecular weight is 351 g/mol. The molecule has 1 atom stereocenters. The first-order valence-electron chi connectivity index (χ1n) is 10.3.